The summed E-state index contributed by atoms with van der Waals surface area (Å²) in [6.07, 6.45) is 3.12. The fraction of sp³-hybridized carbons (Fsp3) is 0.500. The van der Waals surface area contributed by atoms with E-state index < -0.39 is 6.10 Å². The van der Waals surface area contributed by atoms with E-state index in [4.69, 9.17) is 13.9 Å². The molecule has 5 nitrogen and oxygen atoms in total. The van der Waals surface area contributed by atoms with Crippen LogP contribution in [0.2, 0.25) is 0 Å². The van der Waals surface area contributed by atoms with Gasteiger partial charge in [-0.2, -0.15) is 0 Å². The van der Waals surface area contributed by atoms with E-state index in [1.165, 1.54) is 5.56 Å². The predicted molar refractivity (Wildman–Crippen MR) is 96.7 cm³/mol. The summed E-state index contributed by atoms with van der Waals surface area (Å²) in [5.41, 5.74) is 2.28. The first-order chi connectivity index (χ1) is 12.2. The van der Waals surface area contributed by atoms with Crippen molar-refractivity contribution in [3.63, 3.8) is 0 Å². The summed E-state index contributed by atoms with van der Waals surface area (Å²) in [5.74, 6) is 0.873. The van der Waals surface area contributed by atoms with Gasteiger partial charge in [0.15, 0.2) is 0 Å². The molecule has 1 aliphatic rings. The molecular formula is C20H27NO4. The summed E-state index contributed by atoms with van der Waals surface area (Å²) >= 11 is 0. The average molecular weight is 345 g/mol. The van der Waals surface area contributed by atoms with Gasteiger partial charge in [-0.1, -0.05) is 17.7 Å². The van der Waals surface area contributed by atoms with E-state index in [1.54, 1.807) is 6.26 Å². The molecular weight excluding hydrogens is 318 g/mol. The molecule has 0 amide bonds. The molecule has 1 aromatic carbocycles. The van der Waals surface area contributed by atoms with Gasteiger partial charge in [-0.05, 0) is 44.0 Å². The first-order valence-electron chi connectivity index (χ1n) is 8.92. The SMILES string of the molecule is Cc1ccc(N(Cc2ccco2)CC(O)COC2CCOCC2)cc1. The summed E-state index contributed by atoms with van der Waals surface area (Å²) in [5, 5.41) is 10.5. The van der Waals surface area contributed by atoms with Crippen LogP contribution in [0.3, 0.4) is 0 Å². The second-order valence-corrected chi connectivity index (χ2v) is 6.59. The number of nitrogens with zero attached hydrogens (tertiary/aromatic N) is 1. The monoisotopic (exact) mass is 345 g/mol. The van der Waals surface area contributed by atoms with Crippen molar-refractivity contribution in [2.45, 2.75) is 38.5 Å². The molecule has 1 saturated heterocycles. The molecule has 1 unspecified atom stereocenters. The molecule has 2 heterocycles. The molecule has 25 heavy (non-hydrogen) atoms. The lowest BCUT2D eigenvalue weighted by Gasteiger charge is -2.28. The lowest BCUT2D eigenvalue weighted by Crippen LogP contribution is -2.36. The van der Waals surface area contributed by atoms with Crippen molar-refractivity contribution in [2.24, 2.45) is 0 Å². The summed E-state index contributed by atoms with van der Waals surface area (Å²) in [4.78, 5) is 2.12. The first kappa shape index (κ1) is 18.0. The molecule has 136 valence electrons. The normalized spacial score (nSPS) is 16.7. The Kier molecular flexibility index (Phi) is 6.50. The minimum absolute atomic E-state index is 0.196. The lowest BCUT2D eigenvalue weighted by molar-refractivity contribution is -0.0576. The predicted octanol–water partition coefficient (Wildman–Crippen LogP) is 3.15. The highest BCUT2D eigenvalue weighted by Gasteiger charge is 2.18. The molecule has 1 fully saturated rings. The van der Waals surface area contributed by atoms with Gasteiger partial charge in [0.25, 0.3) is 0 Å². The van der Waals surface area contributed by atoms with Gasteiger partial charge in [0.2, 0.25) is 0 Å². The van der Waals surface area contributed by atoms with Crippen molar-refractivity contribution in [1.82, 2.24) is 0 Å². The van der Waals surface area contributed by atoms with Gasteiger partial charge in [0, 0.05) is 25.4 Å². The van der Waals surface area contributed by atoms with Gasteiger partial charge in [0.05, 0.1) is 31.6 Å². The zero-order chi connectivity index (χ0) is 17.5. The standard InChI is InChI=1S/C20H27NO4/c1-16-4-6-17(7-5-16)21(14-20-3-2-10-24-20)13-18(22)15-25-19-8-11-23-12-9-19/h2-7,10,18-19,22H,8-9,11-15H2,1H3. The number of aliphatic hydroxyl groups is 1. The fourth-order valence-corrected chi connectivity index (χ4v) is 3.00. The van der Waals surface area contributed by atoms with E-state index in [0.717, 1.165) is 37.5 Å². The van der Waals surface area contributed by atoms with Crippen LogP contribution in [0, 0.1) is 6.92 Å². The van der Waals surface area contributed by atoms with Crippen molar-refractivity contribution < 1.29 is 19.0 Å². The third-order valence-electron chi connectivity index (χ3n) is 4.45. The first-order valence-corrected chi connectivity index (χ1v) is 8.92. The van der Waals surface area contributed by atoms with E-state index in [0.29, 0.717) is 19.7 Å². The number of aryl methyl sites for hydroxylation is 1. The Balaban J connectivity index is 1.58. The topological polar surface area (TPSA) is 55.1 Å². The number of rotatable bonds is 8. The highest BCUT2D eigenvalue weighted by molar-refractivity contribution is 5.47. The summed E-state index contributed by atoms with van der Waals surface area (Å²) in [7, 11) is 0. The number of benzene rings is 1. The number of anilines is 1. The molecule has 3 rings (SSSR count). The minimum atomic E-state index is -0.556. The second-order valence-electron chi connectivity index (χ2n) is 6.59. The van der Waals surface area contributed by atoms with Gasteiger partial charge in [-0.3, -0.25) is 0 Å². The van der Waals surface area contributed by atoms with Crippen LogP contribution >= 0.6 is 0 Å². The molecule has 0 bridgehead atoms. The summed E-state index contributed by atoms with van der Waals surface area (Å²) in [6, 6.07) is 12.1. The molecule has 0 aliphatic carbocycles. The smallest absolute Gasteiger partial charge is 0.123 e. The molecule has 1 N–H and O–H groups in total. The molecule has 1 aromatic heterocycles. The maximum absolute atomic E-state index is 10.5. The summed E-state index contributed by atoms with van der Waals surface area (Å²) in [6.45, 7) is 5.00. The number of ether oxygens (including phenoxy) is 2. The van der Waals surface area contributed by atoms with Crippen LogP contribution in [0.15, 0.2) is 47.1 Å². The molecule has 0 radical (unpaired) electrons. The van der Waals surface area contributed by atoms with Crippen LogP contribution in [-0.2, 0) is 16.0 Å². The number of aliphatic hydroxyl groups excluding tert-OH is 1. The van der Waals surface area contributed by atoms with Crippen molar-refractivity contribution in [3.8, 4) is 0 Å². The Morgan fingerprint density at radius 3 is 2.64 bits per heavy atom. The zero-order valence-electron chi connectivity index (χ0n) is 14.8. The molecule has 0 saturated carbocycles. The molecule has 2 aromatic rings. The quantitative estimate of drug-likeness (QED) is 0.796. The van der Waals surface area contributed by atoms with Crippen LogP contribution in [0.25, 0.3) is 0 Å². The molecule has 1 atom stereocenters. The number of hydrogen-bond donors (Lipinski definition) is 1. The molecule has 5 heteroatoms. The lowest BCUT2D eigenvalue weighted by atomic mass is 10.1. The van der Waals surface area contributed by atoms with Crippen molar-refractivity contribution >= 4 is 5.69 Å². The largest absolute Gasteiger partial charge is 0.467 e. The van der Waals surface area contributed by atoms with Gasteiger partial charge in [-0.15, -0.1) is 0 Å². The van der Waals surface area contributed by atoms with E-state index in [2.05, 4.69) is 36.1 Å². The average Bonchev–Trinajstić information content (AvgIpc) is 3.14. The highest BCUT2D eigenvalue weighted by atomic mass is 16.5. The molecule has 1 aliphatic heterocycles. The van der Waals surface area contributed by atoms with Crippen LogP contribution in [0.1, 0.15) is 24.2 Å². The Bertz CT molecular complexity index is 605. The van der Waals surface area contributed by atoms with Gasteiger partial charge in [-0.25, -0.2) is 0 Å². The number of hydrogen-bond acceptors (Lipinski definition) is 5. The van der Waals surface area contributed by atoms with Crippen LogP contribution < -0.4 is 4.90 Å². The minimum Gasteiger partial charge on any atom is -0.467 e. The van der Waals surface area contributed by atoms with Crippen molar-refractivity contribution in [2.75, 3.05) is 31.3 Å². The van der Waals surface area contributed by atoms with Crippen LogP contribution in [0.5, 0.6) is 0 Å². The third kappa shape index (κ3) is 5.59. The Morgan fingerprint density at radius 1 is 1.20 bits per heavy atom. The van der Waals surface area contributed by atoms with Crippen LogP contribution in [0.4, 0.5) is 5.69 Å². The maximum Gasteiger partial charge on any atom is 0.123 e. The van der Waals surface area contributed by atoms with Crippen LogP contribution in [-0.4, -0.2) is 43.7 Å². The maximum atomic E-state index is 10.5. The zero-order valence-corrected chi connectivity index (χ0v) is 14.8. The Hall–Kier alpha value is -1.82. The second kappa shape index (κ2) is 9.04. The highest BCUT2D eigenvalue weighted by Crippen LogP contribution is 2.19. The van der Waals surface area contributed by atoms with E-state index in [1.807, 2.05) is 12.1 Å². The van der Waals surface area contributed by atoms with E-state index in [9.17, 15) is 5.11 Å². The number of furan rings is 1. The van der Waals surface area contributed by atoms with E-state index in [-0.39, 0.29) is 6.10 Å². The Morgan fingerprint density at radius 2 is 1.96 bits per heavy atom. The van der Waals surface area contributed by atoms with Crippen molar-refractivity contribution in [3.05, 3.63) is 54.0 Å². The van der Waals surface area contributed by atoms with Gasteiger partial charge in [0.1, 0.15) is 5.76 Å². The Labute approximate surface area is 149 Å². The van der Waals surface area contributed by atoms with E-state index >= 15 is 0 Å². The summed E-state index contributed by atoms with van der Waals surface area (Å²) < 4.78 is 16.7. The van der Waals surface area contributed by atoms with Gasteiger partial charge < -0.3 is 23.9 Å². The third-order valence-corrected chi connectivity index (χ3v) is 4.45. The van der Waals surface area contributed by atoms with Crippen molar-refractivity contribution in [1.29, 1.82) is 0 Å². The van der Waals surface area contributed by atoms with Gasteiger partial charge >= 0.3 is 0 Å². The fourth-order valence-electron chi connectivity index (χ4n) is 3.00. The molecule has 0 spiro atoms.